The fraction of sp³-hybridized carbons (Fsp3) is 0.273. The van der Waals surface area contributed by atoms with Crippen molar-refractivity contribution in [1.82, 2.24) is 10.3 Å². The van der Waals surface area contributed by atoms with Crippen LogP contribution in [-0.4, -0.2) is 30.6 Å². The van der Waals surface area contributed by atoms with Gasteiger partial charge in [0.05, 0.1) is 23.4 Å². The van der Waals surface area contributed by atoms with E-state index in [1.807, 2.05) is 26.0 Å². The molecule has 0 aliphatic carbocycles. The van der Waals surface area contributed by atoms with E-state index in [9.17, 15) is 18.0 Å². The molecule has 0 bridgehead atoms. The van der Waals surface area contributed by atoms with Gasteiger partial charge in [0.2, 0.25) is 0 Å². The van der Waals surface area contributed by atoms with Gasteiger partial charge < -0.3 is 10.1 Å². The number of nitrogens with zero attached hydrogens (tertiary/aromatic N) is 1. The summed E-state index contributed by atoms with van der Waals surface area (Å²) < 4.78 is 43.4. The van der Waals surface area contributed by atoms with Crippen LogP contribution in [0, 0.1) is 6.92 Å². The molecule has 3 aromatic rings. The third-order valence-electron chi connectivity index (χ3n) is 4.58. The highest BCUT2D eigenvalue weighted by Crippen LogP contribution is 2.31. The second-order valence-electron chi connectivity index (χ2n) is 6.96. The number of hydrogen-bond acceptors (Lipinski definition) is 3. The van der Waals surface area contributed by atoms with Crippen molar-refractivity contribution in [3.05, 3.63) is 65.2 Å². The number of methoxy groups -OCH3 is 1. The lowest BCUT2D eigenvalue weighted by Gasteiger charge is -2.13. The number of amides is 1. The summed E-state index contributed by atoms with van der Waals surface area (Å²) in [6, 6.07) is 11.8. The van der Waals surface area contributed by atoms with Gasteiger partial charge in [-0.1, -0.05) is 18.2 Å². The number of fused-ring (bicyclic) bond motifs is 1. The Balaban J connectivity index is 1.95. The van der Waals surface area contributed by atoms with Crippen LogP contribution in [0.3, 0.4) is 0 Å². The lowest BCUT2D eigenvalue weighted by molar-refractivity contribution is -0.137. The molecule has 1 N–H and O–H groups in total. The Morgan fingerprint density at radius 3 is 2.45 bits per heavy atom. The molecule has 1 amide bonds. The molecular weight excluding hydrogens is 381 g/mol. The van der Waals surface area contributed by atoms with Gasteiger partial charge in [-0.25, -0.2) is 4.98 Å². The van der Waals surface area contributed by atoms with E-state index in [4.69, 9.17) is 4.74 Å². The van der Waals surface area contributed by atoms with Crippen molar-refractivity contribution in [2.75, 3.05) is 13.7 Å². The monoisotopic (exact) mass is 402 g/mol. The molecule has 0 radical (unpaired) electrons. The van der Waals surface area contributed by atoms with Crippen LogP contribution in [0.25, 0.3) is 22.2 Å². The predicted octanol–water partition coefficient (Wildman–Crippen LogP) is 4.99. The molecule has 0 saturated heterocycles. The SMILES string of the molecule is COC[C@H](C)NC(=O)c1ccc2c(C)cc(-c3ccc(C(F)(F)F)cc3)nc2c1. The number of pyridine rings is 1. The van der Waals surface area contributed by atoms with Gasteiger partial charge in [-0.15, -0.1) is 0 Å². The van der Waals surface area contributed by atoms with E-state index >= 15 is 0 Å². The summed E-state index contributed by atoms with van der Waals surface area (Å²) in [7, 11) is 1.56. The largest absolute Gasteiger partial charge is 0.416 e. The van der Waals surface area contributed by atoms with Gasteiger partial charge in [-0.05, 0) is 49.7 Å². The molecule has 1 heterocycles. The molecule has 152 valence electrons. The first kappa shape index (κ1) is 20.8. The molecule has 4 nitrogen and oxygen atoms in total. The van der Waals surface area contributed by atoms with Crippen molar-refractivity contribution < 1.29 is 22.7 Å². The van der Waals surface area contributed by atoms with Crippen molar-refractivity contribution in [2.45, 2.75) is 26.1 Å². The Kier molecular flexibility index (Phi) is 5.88. The fourth-order valence-corrected chi connectivity index (χ4v) is 3.12. The summed E-state index contributed by atoms with van der Waals surface area (Å²) in [6.07, 6.45) is -4.38. The van der Waals surface area contributed by atoms with E-state index in [2.05, 4.69) is 10.3 Å². The lowest BCUT2D eigenvalue weighted by Crippen LogP contribution is -2.35. The highest BCUT2D eigenvalue weighted by molar-refractivity contribution is 5.98. The van der Waals surface area contributed by atoms with Crippen molar-refractivity contribution >= 4 is 16.8 Å². The summed E-state index contributed by atoms with van der Waals surface area (Å²) >= 11 is 0. The molecule has 0 saturated carbocycles. The first-order valence-corrected chi connectivity index (χ1v) is 9.08. The number of benzene rings is 2. The Labute approximate surface area is 166 Å². The van der Waals surface area contributed by atoms with Crippen LogP contribution in [0.15, 0.2) is 48.5 Å². The molecule has 3 rings (SSSR count). The number of aromatic nitrogens is 1. The molecule has 0 spiro atoms. The smallest absolute Gasteiger partial charge is 0.383 e. The highest BCUT2D eigenvalue weighted by Gasteiger charge is 2.30. The van der Waals surface area contributed by atoms with E-state index in [0.717, 1.165) is 23.1 Å². The number of ether oxygens (including phenoxy) is 1. The van der Waals surface area contributed by atoms with E-state index in [1.54, 1.807) is 19.2 Å². The number of aryl methyl sites for hydroxylation is 1. The van der Waals surface area contributed by atoms with E-state index < -0.39 is 11.7 Å². The van der Waals surface area contributed by atoms with Crippen LogP contribution in [-0.2, 0) is 10.9 Å². The number of carbonyl (C=O) groups is 1. The zero-order valence-electron chi connectivity index (χ0n) is 16.3. The maximum Gasteiger partial charge on any atom is 0.416 e. The standard InChI is InChI=1S/C22H21F3N2O2/c1-13-10-19(15-4-7-17(8-5-15)22(23,24)25)27-20-11-16(6-9-18(13)20)21(28)26-14(2)12-29-3/h4-11,14H,12H2,1-3H3,(H,26,28)/t14-/m0/s1. The Hall–Kier alpha value is -2.93. The molecule has 0 aliphatic heterocycles. The molecule has 7 heteroatoms. The maximum atomic E-state index is 12.8. The minimum Gasteiger partial charge on any atom is -0.383 e. The van der Waals surface area contributed by atoms with Crippen molar-refractivity contribution in [3.63, 3.8) is 0 Å². The molecule has 0 unspecified atom stereocenters. The highest BCUT2D eigenvalue weighted by atomic mass is 19.4. The van der Waals surface area contributed by atoms with Gasteiger partial charge >= 0.3 is 6.18 Å². The predicted molar refractivity (Wildman–Crippen MR) is 106 cm³/mol. The number of nitrogens with one attached hydrogen (secondary N) is 1. The van der Waals surface area contributed by atoms with Crippen LogP contribution in [0.5, 0.6) is 0 Å². The lowest BCUT2D eigenvalue weighted by atomic mass is 10.0. The van der Waals surface area contributed by atoms with Gasteiger partial charge in [0.1, 0.15) is 0 Å². The molecule has 1 atom stereocenters. The summed E-state index contributed by atoms with van der Waals surface area (Å²) in [5, 5.41) is 3.72. The second-order valence-corrected chi connectivity index (χ2v) is 6.96. The molecular formula is C22H21F3N2O2. The molecule has 0 aliphatic rings. The zero-order chi connectivity index (χ0) is 21.2. The van der Waals surface area contributed by atoms with Crippen LogP contribution in [0.1, 0.15) is 28.4 Å². The van der Waals surface area contributed by atoms with Crippen molar-refractivity contribution in [2.24, 2.45) is 0 Å². The maximum absolute atomic E-state index is 12.8. The van der Waals surface area contributed by atoms with E-state index in [0.29, 0.717) is 28.9 Å². The molecule has 1 aromatic heterocycles. The second kappa shape index (κ2) is 8.21. The van der Waals surface area contributed by atoms with Crippen LogP contribution in [0.4, 0.5) is 13.2 Å². The first-order valence-electron chi connectivity index (χ1n) is 9.08. The number of carbonyl (C=O) groups excluding carboxylic acids is 1. The van der Waals surface area contributed by atoms with Gasteiger partial charge in [-0.3, -0.25) is 4.79 Å². The van der Waals surface area contributed by atoms with E-state index in [1.165, 1.54) is 12.1 Å². The topological polar surface area (TPSA) is 51.2 Å². The van der Waals surface area contributed by atoms with Crippen LogP contribution >= 0.6 is 0 Å². The number of halogens is 3. The first-order chi connectivity index (χ1) is 13.7. The zero-order valence-corrected chi connectivity index (χ0v) is 16.3. The minimum absolute atomic E-state index is 0.142. The summed E-state index contributed by atoms with van der Waals surface area (Å²) in [5.74, 6) is -0.240. The molecule has 2 aromatic carbocycles. The molecule has 0 fully saturated rings. The van der Waals surface area contributed by atoms with Crippen LogP contribution in [0.2, 0.25) is 0 Å². The van der Waals surface area contributed by atoms with Crippen molar-refractivity contribution in [3.8, 4) is 11.3 Å². The number of alkyl halides is 3. The van der Waals surface area contributed by atoms with Gasteiger partial charge in [0.25, 0.3) is 5.91 Å². The Morgan fingerprint density at radius 2 is 1.83 bits per heavy atom. The van der Waals surface area contributed by atoms with Gasteiger partial charge in [-0.2, -0.15) is 13.2 Å². The van der Waals surface area contributed by atoms with Crippen LogP contribution < -0.4 is 5.32 Å². The average molecular weight is 402 g/mol. The minimum atomic E-state index is -4.38. The number of hydrogen-bond donors (Lipinski definition) is 1. The van der Waals surface area contributed by atoms with Gasteiger partial charge in [0, 0.05) is 29.7 Å². The fourth-order valence-electron chi connectivity index (χ4n) is 3.12. The Morgan fingerprint density at radius 1 is 1.14 bits per heavy atom. The van der Waals surface area contributed by atoms with Crippen molar-refractivity contribution in [1.29, 1.82) is 0 Å². The molecule has 29 heavy (non-hydrogen) atoms. The summed E-state index contributed by atoms with van der Waals surface area (Å²) in [5.41, 5.74) is 2.40. The third kappa shape index (κ3) is 4.74. The Bertz CT molecular complexity index is 1030. The van der Waals surface area contributed by atoms with E-state index in [-0.39, 0.29) is 11.9 Å². The summed E-state index contributed by atoms with van der Waals surface area (Å²) in [4.78, 5) is 17.0. The quantitative estimate of drug-likeness (QED) is 0.654. The number of rotatable bonds is 5. The normalized spacial score (nSPS) is 12.8. The third-order valence-corrected chi connectivity index (χ3v) is 4.58. The average Bonchev–Trinajstić information content (AvgIpc) is 2.67. The van der Waals surface area contributed by atoms with Gasteiger partial charge in [0.15, 0.2) is 0 Å². The summed E-state index contributed by atoms with van der Waals surface area (Å²) in [6.45, 7) is 4.14.